The van der Waals surface area contributed by atoms with Crippen molar-refractivity contribution < 1.29 is 9.47 Å². The third kappa shape index (κ3) is 2.44. The number of hydrogen-bond donors (Lipinski definition) is 1. The van der Waals surface area contributed by atoms with Crippen LogP contribution in [0.2, 0.25) is 0 Å². The van der Waals surface area contributed by atoms with Gasteiger partial charge in [0.15, 0.2) is 6.29 Å². The maximum absolute atomic E-state index is 5.24. The summed E-state index contributed by atoms with van der Waals surface area (Å²) in [7, 11) is 3.42. The minimum absolute atomic E-state index is 0.0189. The molecule has 1 N–H and O–H groups in total. The third-order valence-electron chi connectivity index (χ3n) is 2.51. The molecule has 1 saturated heterocycles. The Morgan fingerprint density at radius 1 is 1.33 bits per heavy atom. The maximum Gasteiger partial charge on any atom is 0.159 e. The molecule has 72 valence electrons. The van der Waals surface area contributed by atoms with Gasteiger partial charge in [-0.25, -0.2) is 0 Å². The summed E-state index contributed by atoms with van der Waals surface area (Å²) in [5, 5.41) is 3.40. The van der Waals surface area contributed by atoms with Crippen molar-refractivity contribution in [2.45, 2.75) is 32.1 Å². The Hall–Kier alpha value is -0.120. The molecule has 2 atom stereocenters. The molecular formula is C9H19NO2. The van der Waals surface area contributed by atoms with Crippen molar-refractivity contribution in [2.24, 2.45) is 5.92 Å². The van der Waals surface area contributed by atoms with Crippen molar-refractivity contribution in [3.8, 4) is 0 Å². The van der Waals surface area contributed by atoms with Gasteiger partial charge in [0, 0.05) is 26.2 Å². The van der Waals surface area contributed by atoms with Crippen LogP contribution in [-0.4, -0.2) is 33.1 Å². The topological polar surface area (TPSA) is 30.5 Å². The molecule has 3 nitrogen and oxygen atoms in total. The Morgan fingerprint density at radius 3 is 2.50 bits per heavy atom. The third-order valence-corrected chi connectivity index (χ3v) is 2.51. The molecule has 0 aromatic heterocycles. The summed E-state index contributed by atoms with van der Waals surface area (Å²) in [5.74, 6) is 0.552. The van der Waals surface area contributed by atoms with E-state index in [1.54, 1.807) is 14.2 Å². The fourth-order valence-electron chi connectivity index (χ4n) is 1.90. The predicted molar refractivity (Wildman–Crippen MR) is 48.0 cm³/mol. The van der Waals surface area contributed by atoms with Crippen molar-refractivity contribution >= 4 is 0 Å². The highest BCUT2D eigenvalue weighted by Crippen LogP contribution is 2.21. The van der Waals surface area contributed by atoms with E-state index in [9.17, 15) is 0 Å². The van der Waals surface area contributed by atoms with Crippen LogP contribution in [0.15, 0.2) is 0 Å². The van der Waals surface area contributed by atoms with E-state index in [0.29, 0.717) is 12.0 Å². The van der Waals surface area contributed by atoms with Crippen molar-refractivity contribution in [1.29, 1.82) is 0 Å². The van der Waals surface area contributed by atoms with Crippen LogP contribution in [-0.2, 0) is 9.47 Å². The van der Waals surface area contributed by atoms with E-state index in [1.807, 2.05) is 0 Å². The highest BCUT2D eigenvalue weighted by atomic mass is 16.7. The highest BCUT2D eigenvalue weighted by molar-refractivity contribution is 4.76. The van der Waals surface area contributed by atoms with E-state index in [4.69, 9.17) is 9.47 Å². The van der Waals surface area contributed by atoms with Crippen LogP contribution in [0.5, 0.6) is 0 Å². The van der Waals surface area contributed by atoms with Gasteiger partial charge >= 0.3 is 0 Å². The Labute approximate surface area is 74.4 Å². The summed E-state index contributed by atoms with van der Waals surface area (Å²) < 4.78 is 10.5. The number of ether oxygens (including phenoxy) is 2. The van der Waals surface area contributed by atoms with E-state index in [1.165, 1.54) is 0 Å². The molecule has 1 aliphatic rings. The zero-order valence-electron chi connectivity index (χ0n) is 8.17. The fraction of sp³-hybridized carbons (Fsp3) is 1.00. The summed E-state index contributed by atoms with van der Waals surface area (Å²) in [5.41, 5.74) is 0. The second-order valence-electron chi connectivity index (χ2n) is 3.48. The first-order valence-corrected chi connectivity index (χ1v) is 4.57. The van der Waals surface area contributed by atoms with Gasteiger partial charge in [-0.1, -0.05) is 0 Å². The second kappa shape index (κ2) is 4.80. The highest BCUT2D eigenvalue weighted by Gasteiger charge is 2.25. The lowest BCUT2D eigenvalue weighted by Crippen LogP contribution is -2.41. The van der Waals surface area contributed by atoms with Gasteiger partial charge < -0.3 is 14.8 Å². The molecule has 0 radical (unpaired) electrons. The van der Waals surface area contributed by atoms with Crippen LogP contribution in [0.4, 0.5) is 0 Å². The summed E-state index contributed by atoms with van der Waals surface area (Å²) >= 11 is 0. The number of methoxy groups -OCH3 is 2. The number of hydrogen-bond acceptors (Lipinski definition) is 3. The average Bonchev–Trinajstić information content (AvgIpc) is 2.07. The Kier molecular flexibility index (Phi) is 3.98. The van der Waals surface area contributed by atoms with E-state index in [-0.39, 0.29) is 6.29 Å². The summed E-state index contributed by atoms with van der Waals surface area (Å²) in [6.45, 7) is 3.28. The minimum atomic E-state index is -0.0189. The molecule has 3 heteroatoms. The van der Waals surface area contributed by atoms with Crippen LogP contribution in [0.25, 0.3) is 0 Å². The smallest absolute Gasteiger partial charge is 0.159 e. The molecular weight excluding hydrogens is 154 g/mol. The van der Waals surface area contributed by atoms with Gasteiger partial charge in [-0.05, 0) is 26.3 Å². The Bertz CT molecular complexity index is 126. The summed E-state index contributed by atoms with van der Waals surface area (Å²) in [6, 6.07) is 0.594. The second-order valence-corrected chi connectivity index (χ2v) is 3.48. The minimum Gasteiger partial charge on any atom is -0.356 e. The molecule has 0 amide bonds. The van der Waals surface area contributed by atoms with Gasteiger partial charge in [0.05, 0.1) is 0 Å². The van der Waals surface area contributed by atoms with Crippen molar-refractivity contribution in [3.63, 3.8) is 0 Å². The lowest BCUT2D eigenvalue weighted by Gasteiger charge is -2.32. The maximum atomic E-state index is 5.24. The zero-order chi connectivity index (χ0) is 8.97. The molecule has 1 aliphatic heterocycles. The van der Waals surface area contributed by atoms with E-state index in [0.717, 1.165) is 19.4 Å². The molecule has 1 rings (SSSR count). The summed E-state index contributed by atoms with van der Waals surface area (Å²) in [6.07, 6.45) is 2.28. The standard InChI is InChI=1S/C9H19NO2/c1-7-6-8(4-5-10-7)9(11-2)12-3/h7-10H,4-6H2,1-3H3/t7-,8-/m1/s1. The lowest BCUT2D eigenvalue weighted by molar-refractivity contribution is -0.144. The van der Waals surface area contributed by atoms with E-state index in [2.05, 4.69) is 12.2 Å². The van der Waals surface area contributed by atoms with Gasteiger partial charge in [-0.15, -0.1) is 0 Å². The van der Waals surface area contributed by atoms with Gasteiger partial charge in [0.1, 0.15) is 0 Å². The average molecular weight is 173 g/mol. The molecule has 0 aromatic rings. The normalized spacial score (nSPS) is 31.0. The van der Waals surface area contributed by atoms with E-state index >= 15 is 0 Å². The number of nitrogens with one attached hydrogen (secondary N) is 1. The quantitative estimate of drug-likeness (QED) is 0.646. The van der Waals surface area contributed by atoms with Crippen molar-refractivity contribution in [2.75, 3.05) is 20.8 Å². The molecule has 1 fully saturated rings. The van der Waals surface area contributed by atoms with Crippen LogP contribution in [0.3, 0.4) is 0 Å². The molecule has 0 spiro atoms. The monoisotopic (exact) mass is 173 g/mol. The lowest BCUT2D eigenvalue weighted by atomic mass is 9.93. The zero-order valence-corrected chi connectivity index (χ0v) is 8.17. The number of rotatable bonds is 3. The van der Waals surface area contributed by atoms with Crippen LogP contribution < -0.4 is 5.32 Å². The van der Waals surface area contributed by atoms with Gasteiger partial charge in [0.2, 0.25) is 0 Å². The Morgan fingerprint density at radius 2 is 2.00 bits per heavy atom. The van der Waals surface area contributed by atoms with Crippen molar-refractivity contribution in [1.82, 2.24) is 5.32 Å². The Balaban J connectivity index is 2.38. The molecule has 0 aromatic carbocycles. The van der Waals surface area contributed by atoms with Crippen LogP contribution in [0, 0.1) is 5.92 Å². The first-order chi connectivity index (χ1) is 5.77. The first-order valence-electron chi connectivity index (χ1n) is 4.57. The van der Waals surface area contributed by atoms with Crippen LogP contribution >= 0.6 is 0 Å². The molecule has 1 heterocycles. The SMILES string of the molecule is COC(OC)[C@@H]1CCN[C@H](C)C1. The molecule has 0 unspecified atom stereocenters. The van der Waals surface area contributed by atoms with Gasteiger partial charge in [-0.2, -0.15) is 0 Å². The van der Waals surface area contributed by atoms with Gasteiger partial charge in [-0.3, -0.25) is 0 Å². The van der Waals surface area contributed by atoms with Crippen LogP contribution in [0.1, 0.15) is 19.8 Å². The molecule has 0 aliphatic carbocycles. The largest absolute Gasteiger partial charge is 0.356 e. The van der Waals surface area contributed by atoms with Gasteiger partial charge in [0.25, 0.3) is 0 Å². The molecule has 0 saturated carbocycles. The predicted octanol–water partition coefficient (Wildman–Crippen LogP) is 0.993. The van der Waals surface area contributed by atoms with Crippen molar-refractivity contribution in [3.05, 3.63) is 0 Å². The number of piperidine rings is 1. The first kappa shape index (κ1) is 9.96. The molecule has 12 heavy (non-hydrogen) atoms. The fourth-order valence-corrected chi connectivity index (χ4v) is 1.90. The summed E-state index contributed by atoms with van der Waals surface area (Å²) in [4.78, 5) is 0. The molecule has 0 bridgehead atoms. The van der Waals surface area contributed by atoms with E-state index < -0.39 is 0 Å².